The van der Waals surface area contributed by atoms with Crippen LogP contribution in [0.15, 0.2) is 0 Å². The number of hydrogen-bond acceptors (Lipinski definition) is 1. The molecule has 0 fully saturated rings. The Morgan fingerprint density at radius 3 is 1.28 bits per heavy atom. The summed E-state index contributed by atoms with van der Waals surface area (Å²) < 4.78 is 0. The molecule has 0 aliphatic heterocycles. The van der Waals surface area contributed by atoms with E-state index in [-0.39, 0.29) is 0 Å². The topological polar surface area (TPSA) is 0 Å². The molecule has 0 amide bonds. The van der Waals surface area contributed by atoms with E-state index in [0.717, 1.165) is 0 Å². The number of rotatable bonds is 15. The van der Waals surface area contributed by atoms with E-state index in [4.69, 9.17) is 0 Å². The van der Waals surface area contributed by atoms with E-state index in [9.17, 15) is 0 Å². The highest BCUT2D eigenvalue weighted by Crippen LogP contribution is 2.13. The van der Waals surface area contributed by atoms with Crippen molar-refractivity contribution >= 4 is 11.8 Å². The summed E-state index contributed by atoms with van der Waals surface area (Å²) in [6.45, 7) is 4.55. The fourth-order valence-electron chi connectivity index (χ4n) is 2.37. The van der Waals surface area contributed by atoms with Crippen LogP contribution >= 0.6 is 11.8 Å². The molecule has 0 aliphatic carbocycles. The minimum Gasteiger partial charge on any atom is -0.162 e. The van der Waals surface area contributed by atoms with Crippen LogP contribution in [0.4, 0.5) is 0 Å². The first-order valence-electron chi connectivity index (χ1n) is 8.49. The standard InChI is InChI=1S/C17H36S/c1-3-5-6-7-8-9-10-11-12-13-14-15-16-17-18-4-2/h3-17H2,1-2H3. The zero-order chi connectivity index (χ0) is 13.3. The second-order valence-corrected chi connectivity index (χ2v) is 6.83. The Morgan fingerprint density at radius 2 is 0.889 bits per heavy atom. The van der Waals surface area contributed by atoms with Crippen LogP contribution in [0, 0.1) is 0 Å². The summed E-state index contributed by atoms with van der Waals surface area (Å²) in [5.74, 6) is 2.67. The van der Waals surface area contributed by atoms with E-state index in [1.54, 1.807) is 0 Å². The largest absolute Gasteiger partial charge is 0.162 e. The van der Waals surface area contributed by atoms with Crippen LogP contribution in [0.25, 0.3) is 0 Å². The van der Waals surface area contributed by atoms with Gasteiger partial charge in [-0.15, -0.1) is 0 Å². The number of unbranched alkanes of at least 4 members (excludes halogenated alkanes) is 12. The van der Waals surface area contributed by atoms with E-state index < -0.39 is 0 Å². The monoisotopic (exact) mass is 272 g/mol. The van der Waals surface area contributed by atoms with Crippen molar-refractivity contribution in [1.29, 1.82) is 0 Å². The van der Waals surface area contributed by atoms with Crippen molar-refractivity contribution in [3.05, 3.63) is 0 Å². The van der Waals surface area contributed by atoms with Gasteiger partial charge in [-0.1, -0.05) is 90.9 Å². The molecule has 0 aromatic carbocycles. The van der Waals surface area contributed by atoms with Crippen molar-refractivity contribution in [2.24, 2.45) is 0 Å². The molecular weight excluding hydrogens is 236 g/mol. The van der Waals surface area contributed by atoms with Gasteiger partial charge in [0.1, 0.15) is 0 Å². The highest BCUT2D eigenvalue weighted by molar-refractivity contribution is 7.99. The molecule has 0 radical (unpaired) electrons. The molecule has 0 saturated carbocycles. The van der Waals surface area contributed by atoms with Crippen molar-refractivity contribution in [2.45, 2.75) is 97.3 Å². The van der Waals surface area contributed by atoms with Crippen LogP contribution in [-0.2, 0) is 0 Å². The normalized spacial score (nSPS) is 11.0. The maximum atomic E-state index is 2.29. The van der Waals surface area contributed by atoms with Gasteiger partial charge in [-0.2, -0.15) is 11.8 Å². The van der Waals surface area contributed by atoms with Crippen LogP contribution < -0.4 is 0 Å². The van der Waals surface area contributed by atoms with Gasteiger partial charge in [-0.05, 0) is 17.9 Å². The van der Waals surface area contributed by atoms with Crippen LogP contribution in [0.3, 0.4) is 0 Å². The molecule has 0 aromatic rings. The average molecular weight is 273 g/mol. The Kier molecular flexibility index (Phi) is 17.7. The first-order valence-corrected chi connectivity index (χ1v) is 9.65. The maximum absolute atomic E-state index is 2.29. The molecule has 0 bridgehead atoms. The van der Waals surface area contributed by atoms with Gasteiger partial charge in [-0.25, -0.2) is 0 Å². The van der Waals surface area contributed by atoms with E-state index in [1.807, 2.05) is 0 Å². The number of hydrogen-bond donors (Lipinski definition) is 0. The highest BCUT2D eigenvalue weighted by Gasteiger charge is 1.93. The molecule has 0 aromatic heterocycles. The third-order valence-electron chi connectivity index (χ3n) is 3.60. The zero-order valence-corrected chi connectivity index (χ0v) is 13.8. The Labute approximate surface area is 121 Å². The molecule has 1 heteroatoms. The molecule has 0 atom stereocenters. The van der Waals surface area contributed by atoms with Crippen LogP contribution in [0.1, 0.15) is 97.3 Å². The summed E-state index contributed by atoms with van der Waals surface area (Å²) in [5.41, 5.74) is 0. The first-order chi connectivity index (χ1) is 8.91. The van der Waals surface area contributed by atoms with Gasteiger partial charge in [-0.3, -0.25) is 0 Å². The third-order valence-corrected chi connectivity index (χ3v) is 4.58. The second kappa shape index (κ2) is 17.4. The molecule has 0 unspecified atom stereocenters. The van der Waals surface area contributed by atoms with Crippen LogP contribution in [-0.4, -0.2) is 11.5 Å². The van der Waals surface area contributed by atoms with Gasteiger partial charge in [0.25, 0.3) is 0 Å². The van der Waals surface area contributed by atoms with Gasteiger partial charge in [0.05, 0.1) is 0 Å². The van der Waals surface area contributed by atoms with E-state index in [2.05, 4.69) is 25.6 Å². The molecular formula is C17H36S. The molecule has 0 N–H and O–H groups in total. The zero-order valence-electron chi connectivity index (χ0n) is 13.0. The fourth-order valence-corrected chi connectivity index (χ4v) is 3.06. The molecule has 0 rings (SSSR count). The quantitative estimate of drug-likeness (QED) is 0.294. The average Bonchev–Trinajstić information content (AvgIpc) is 2.39. The van der Waals surface area contributed by atoms with E-state index >= 15 is 0 Å². The van der Waals surface area contributed by atoms with Crippen LogP contribution in [0.5, 0.6) is 0 Å². The molecule has 0 nitrogen and oxygen atoms in total. The Morgan fingerprint density at radius 1 is 0.500 bits per heavy atom. The Balaban J connectivity index is 2.86. The van der Waals surface area contributed by atoms with E-state index in [1.165, 1.54) is 95.0 Å². The van der Waals surface area contributed by atoms with Crippen molar-refractivity contribution in [3.63, 3.8) is 0 Å². The second-order valence-electron chi connectivity index (χ2n) is 5.44. The highest BCUT2D eigenvalue weighted by atomic mass is 32.2. The molecule has 110 valence electrons. The van der Waals surface area contributed by atoms with E-state index in [0.29, 0.717) is 0 Å². The summed E-state index contributed by atoms with van der Waals surface area (Å²) >= 11 is 2.09. The maximum Gasteiger partial charge on any atom is -0.00676 e. The minimum atomic E-state index is 1.29. The van der Waals surface area contributed by atoms with Gasteiger partial charge in [0.15, 0.2) is 0 Å². The van der Waals surface area contributed by atoms with Crippen molar-refractivity contribution in [3.8, 4) is 0 Å². The van der Waals surface area contributed by atoms with Gasteiger partial charge >= 0.3 is 0 Å². The van der Waals surface area contributed by atoms with Crippen molar-refractivity contribution < 1.29 is 0 Å². The summed E-state index contributed by atoms with van der Waals surface area (Å²) in [6, 6.07) is 0. The molecule has 0 heterocycles. The fraction of sp³-hybridized carbons (Fsp3) is 1.00. The Hall–Kier alpha value is 0.350. The summed E-state index contributed by atoms with van der Waals surface area (Å²) in [7, 11) is 0. The Bertz CT molecular complexity index is 118. The minimum absolute atomic E-state index is 1.29. The third kappa shape index (κ3) is 16.4. The summed E-state index contributed by atoms with van der Waals surface area (Å²) in [5, 5.41) is 0. The van der Waals surface area contributed by atoms with Gasteiger partial charge in [0.2, 0.25) is 0 Å². The smallest absolute Gasteiger partial charge is 0.00676 e. The van der Waals surface area contributed by atoms with Crippen molar-refractivity contribution in [1.82, 2.24) is 0 Å². The van der Waals surface area contributed by atoms with Gasteiger partial charge < -0.3 is 0 Å². The predicted octanol–water partition coefficient (Wildman–Crippen LogP) is 6.83. The molecule has 0 aliphatic rings. The SMILES string of the molecule is CCCCCCCCCCCCCCCSCC. The molecule has 0 spiro atoms. The predicted molar refractivity (Wildman–Crippen MR) is 88.7 cm³/mol. The van der Waals surface area contributed by atoms with Crippen molar-refractivity contribution in [2.75, 3.05) is 11.5 Å². The number of thioether (sulfide) groups is 1. The molecule has 0 saturated heterocycles. The lowest BCUT2D eigenvalue weighted by Crippen LogP contribution is -1.84. The summed E-state index contributed by atoms with van der Waals surface area (Å²) in [4.78, 5) is 0. The lowest BCUT2D eigenvalue weighted by atomic mass is 10.1. The molecule has 18 heavy (non-hydrogen) atoms. The first kappa shape index (κ1) is 18.4. The lowest BCUT2D eigenvalue weighted by Gasteiger charge is -2.02. The summed E-state index contributed by atoms with van der Waals surface area (Å²) in [6.07, 6.45) is 19.0. The van der Waals surface area contributed by atoms with Crippen LogP contribution in [0.2, 0.25) is 0 Å². The van der Waals surface area contributed by atoms with Gasteiger partial charge in [0, 0.05) is 0 Å². The lowest BCUT2D eigenvalue weighted by molar-refractivity contribution is 0.543.